The first-order valence-electron chi connectivity index (χ1n) is 9.24. The standard InChI is InChI=1S/C21H21N3O4/c1-12(2)21-24-17-10-14(4-7-18(17)28-21)22-20(26)11-27-15-5-6-16-13(9-15)3-8-19(25)23-16/h4-7,9-10,12H,3,8,11H2,1-2H3,(H,22,26)(H,23,25). The number of anilines is 2. The Labute approximate surface area is 162 Å². The summed E-state index contributed by atoms with van der Waals surface area (Å²) in [5.41, 5.74) is 3.85. The minimum atomic E-state index is -0.266. The molecule has 0 unspecified atom stereocenters. The molecular weight excluding hydrogens is 358 g/mol. The number of aromatic nitrogens is 1. The average Bonchev–Trinajstić information content (AvgIpc) is 3.10. The van der Waals surface area contributed by atoms with Gasteiger partial charge in [-0.05, 0) is 48.4 Å². The monoisotopic (exact) mass is 379 g/mol. The molecule has 2 N–H and O–H groups in total. The lowest BCUT2D eigenvalue weighted by Gasteiger charge is -2.17. The summed E-state index contributed by atoms with van der Waals surface area (Å²) in [6, 6.07) is 10.7. The number of rotatable bonds is 5. The number of nitrogens with zero attached hydrogens (tertiary/aromatic N) is 1. The Morgan fingerprint density at radius 2 is 2.11 bits per heavy atom. The van der Waals surface area contributed by atoms with Crippen LogP contribution >= 0.6 is 0 Å². The van der Waals surface area contributed by atoms with Gasteiger partial charge in [-0.25, -0.2) is 4.98 Å². The second-order valence-electron chi connectivity index (χ2n) is 7.09. The van der Waals surface area contributed by atoms with Crippen molar-refractivity contribution in [3.05, 3.63) is 47.9 Å². The van der Waals surface area contributed by atoms with E-state index in [0.717, 1.165) is 11.3 Å². The maximum absolute atomic E-state index is 12.2. The predicted octanol–water partition coefficient (Wildman–Crippen LogP) is 3.85. The second-order valence-corrected chi connectivity index (χ2v) is 7.09. The van der Waals surface area contributed by atoms with Crippen LogP contribution in [-0.4, -0.2) is 23.4 Å². The Bertz CT molecular complexity index is 1050. The van der Waals surface area contributed by atoms with E-state index in [1.807, 2.05) is 19.9 Å². The van der Waals surface area contributed by atoms with Crippen molar-refractivity contribution in [3.63, 3.8) is 0 Å². The van der Waals surface area contributed by atoms with Crippen LogP contribution in [-0.2, 0) is 16.0 Å². The lowest BCUT2D eigenvalue weighted by molar-refractivity contribution is -0.118. The van der Waals surface area contributed by atoms with E-state index < -0.39 is 0 Å². The normalized spacial score (nSPS) is 13.3. The van der Waals surface area contributed by atoms with Crippen LogP contribution in [0.4, 0.5) is 11.4 Å². The molecule has 1 aliphatic rings. The highest BCUT2D eigenvalue weighted by Gasteiger charge is 2.15. The predicted molar refractivity (Wildman–Crippen MR) is 106 cm³/mol. The van der Waals surface area contributed by atoms with Gasteiger partial charge in [0.05, 0.1) is 0 Å². The molecule has 2 amide bonds. The van der Waals surface area contributed by atoms with E-state index in [2.05, 4.69) is 15.6 Å². The summed E-state index contributed by atoms with van der Waals surface area (Å²) >= 11 is 0. The number of ether oxygens (including phenoxy) is 1. The van der Waals surface area contributed by atoms with Crippen molar-refractivity contribution < 1.29 is 18.7 Å². The maximum atomic E-state index is 12.2. The minimum absolute atomic E-state index is 0.0187. The van der Waals surface area contributed by atoms with Gasteiger partial charge in [0, 0.05) is 23.7 Å². The number of nitrogens with one attached hydrogen (secondary N) is 2. The van der Waals surface area contributed by atoms with Gasteiger partial charge in [0.15, 0.2) is 18.1 Å². The quantitative estimate of drug-likeness (QED) is 0.702. The summed E-state index contributed by atoms with van der Waals surface area (Å²) in [6.45, 7) is 3.91. The van der Waals surface area contributed by atoms with Crippen LogP contribution < -0.4 is 15.4 Å². The Balaban J connectivity index is 1.38. The van der Waals surface area contributed by atoms with Crippen LogP contribution in [0.15, 0.2) is 40.8 Å². The SMILES string of the molecule is CC(C)c1nc2cc(NC(=O)COc3ccc4c(c3)CCC(=O)N4)ccc2o1. The molecule has 0 aliphatic carbocycles. The molecule has 0 spiro atoms. The van der Waals surface area contributed by atoms with Crippen LogP contribution in [0.5, 0.6) is 5.75 Å². The van der Waals surface area contributed by atoms with Gasteiger partial charge in [-0.1, -0.05) is 13.8 Å². The van der Waals surface area contributed by atoms with Gasteiger partial charge in [0.25, 0.3) is 5.91 Å². The fourth-order valence-corrected chi connectivity index (χ4v) is 3.07. The molecule has 2 aromatic carbocycles. The molecule has 7 nitrogen and oxygen atoms in total. The molecule has 1 aliphatic heterocycles. The molecule has 7 heteroatoms. The van der Waals surface area contributed by atoms with Crippen LogP contribution in [0.2, 0.25) is 0 Å². The Morgan fingerprint density at radius 1 is 1.25 bits per heavy atom. The van der Waals surface area contributed by atoms with E-state index in [0.29, 0.717) is 41.3 Å². The number of oxazole rings is 1. The number of aryl methyl sites for hydroxylation is 1. The van der Waals surface area contributed by atoms with Gasteiger partial charge in [-0.15, -0.1) is 0 Å². The molecule has 144 valence electrons. The Hall–Kier alpha value is -3.35. The van der Waals surface area contributed by atoms with E-state index in [9.17, 15) is 9.59 Å². The number of hydrogen-bond acceptors (Lipinski definition) is 5. The molecule has 0 fully saturated rings. The summed E-state index contributed by atoms with van der Waals surface area (Å²) in [5.74, 6) is 1.22. The largest absolute Gasteiger partial charge is 0.484 e. The molecule has 3 aromatic rings. The summed E-state index contributed by atoms with van der Waals surface area (Å²) in [5, 5.41) is 5.63. The first-order valence-corrected chi connectivity index (χ1v) is 9.24. The maximum Gasteiger partial charge on any atom is 0.262 e. The van der Waals surface area contributed by atoms with Gasteiger partial charge >= 0.3 is 0 Å². The van der Waals surface area contributed by atoms with Crippen LogP contribution in [0, 0.1) is 0 Å². The van der Waals surface area contributed by atoms with Crippen molar-refractivity contribution >= 4 is 34.3 Å². The number of amides is 2. The molecule has 0 saturated carbocycles. The first-order chi connectivity index (χ1) is 13.5. The van der Waals surface area contributed by atoms with Crippen LogP contribution in [0.3, 0.4) is 0 Å². The molecule has 0 saturated heterocycles. The zero-order valence-electron chi connectivity index (χ0n) is 15.7. The van der Waals surface area contributed by atoms with Crippen LogP contribution in [0.1, 0.15) is 37.6 Å². The van der Waals surface area contributed by atoms with Crippen molar-refractivity contribution in [1.29, 1.82) is 0 Å². The van der Waals surface area contributed by atoms with Gasteiger partial charge < -0.3 is 19.8 Å². The third-order valence-electron chi connectivity index (χ3n) is 4.52. The summed E-state index contributed by atoms with van der Waals surface area (Å²) in [4.78, 5) is 28.1. The van der Waals surface area contributed by atoms with E-state index in [1.165, 1.54) is 0 Å². The van der Waals surface area contributed by atoms with E-state index in [4.69, 9.17) is 9.15 Å². The van der Waals surface area contributed by atoms with Crippen molar-refractivity contribution in [3.8, 4) is 5.75 Å². The van der Waals surface area contributed by atoms with Crippen molar-refractivity contribution in [1.82, 2.24) is 4.98 Å². The van der Waals surface area contributed by atoms with Gasteiger partial charge in [0.2, 0.25) is 5.91 Å². The smallest absolute Gasteiger partial charge is 0.262 e. The van der Waals surface area contributed by atoms with E-state index in [1.54, 1.807) is 30.3 Å². The second kappa shape index (κ2) is 7.34. The van der Waals surface area contributed by atoms with Gasteiger partial charge in [-0.2, -0.15) is 0 Å². The van der Waals surface area contributed by atoms with Gasteiger partial charge in [0.1, 0.15) is 11.3 Å². The fourth-order valence-electron chi connectivity index (χ4n) is 3.07. The number of fused-ring (bicyclic) bond motifs is 2. The van der Waals surface area contributed by atoms with Crippen molar-refractivity contribution in [2.45, 2.75) is 32.6 Å². The highest BCUT2D eigenvalue weighted by molar-refractivity contribution is 5.94. The summed E-state index contributed by atoms with van der Waals surface area (Å²) < 4.78 is 11.3. The highest BCUT2D eigenvalue weighted by Crippen LogP contribution is 2.27. The lowest BCUT2D eigenvalue weighted by atomic mass is 10.0. The summed E-state index contributed by atoms with van der Waals surface area (Å²) in [7, 11) is 0. The van der Waals surface area contributed by atoms with Crippen molar-refractivity contribution in [2.75, 3.05) is 17.2 Å². The number of carbonyl (C=O) groups excluding carboxylic acids is 2. The number of benzene rings is 2. The zero-order chi connectivity index (χ0) is 19.7. The van der Waals surface area contributed by atoms with Gasteiger partial charge in [-0.3, -0.25) is 9.59 Å². The van der Waals surface area contributed by atoms with E-state index in [-0.39, 0.29) is 24.3 Å². The van der Waals surface area contributed by atoms with Crippen molar-refractivity contribution in [2.24, 2.45) is 0 Å². The Kier molecular flexibility index (Phi) is 4.73. The first kappa shape index (κ1) is 18.0. The zero-order valence-corrected chi connectivity index (χ0v) is 15.7. The lowest BCUT2D eigenvalue weighted by Crippen LogP contribution is -2.21. The molecule has 0 radical (unpaired) electrons. The third kappa shape index (κ3) is 3.83. The minimum Gasteiger partial charge on any atom is -0.484 e. The number of carbonyl (C=O) groups is 2. The molecular formula is C21H21N3O4. The topological polar surface area (TPSA) is 93.5 Å². The fraction of sp³-hybridized carbons (Fsp3) is 0.286. The molecule has 0 atom stereocenters. The third-order valence-corrected chi connectivity index (χ3v) is 4.52. The van der Waals surface area contributed by atoms with Crippen LogP contribution in [0.25, 0.3) is 11.1 Å². The molecule has 1 aromatic heterocycles. The van der Waals surface area contributed by atoms with E-state index >= 15 is 0 Å². The highest BCUT2D eigenvalue weighted by atomic mass is 16.5. The molecule has 0 bridgehead atoms. The summed E-state index contributed by atoms with van der Waals surface area (Å²) in [6.07, 6.45) is 1.13. The Morgan fingerprint density at radius 3 is 2.93 bits per heavy atom. The number of hydrogen-bond donors (Lipinski definition) is 2. The molecule has 28 heavy (non-hydrogen) atoms. The molecule has 2 heterocycles. The molecule has 4 rings (SSSR count). The average molecular weight is 379 g/mol.